The van der Waals surface area contributed by atoms with E-state index in [0.29, 0.717) is 0 Å². The molecule has 0 aliphatic carbocycles. The second kappa shape index (κ2) is 24.9. The number of quaternary nitrogens is 4. The molecule has 0 aliphatic heterocycles. The van der Waals surface area contributed by atoms with E-state index in [-0.39, 0.29) is 58.7 Å². The van der Waals surface area contributed by atoms with Gasteiger partial charge in [0.25, 0.3) is 0 Å². The van der Waals surface area contributed by atoms with Gasteiger partial charge in [0.1, 0.15) is 0 Å². The predicted molar refractivity (Wildman–Crippen MR) is 76.9 cm³/mol. The van der Waals surface area contributed by atoms with Gasteiger partial charge < -0.3 is 61.0 Å². The molecule has 24 nitrogen and oxygen atoms in total. The van der Waals surface area contributed by atoms with Crippen molar-refractivity contribution in [2.45, 2.75) is 0 Å². The Morgan fingerprint density at radius 2 is 0.419 bits per heavy atom. The third-order valence-corrected chi connectivity index (χ3v) is 0.750. The number of hydrogen-bond donors (Lipinski definition) is 4. The van der Waals surface area contributed by atoms with Crippen molar-refractivity contribution in [2.24, 2.45) is 0 Å². The average molecular weight is 664 g/mol. The molecule has 0 saturated carbocycles. The van der Waals surface area contributed by atoms with Crippen LogP contribution in [0, 0.1) is 0 Å². The molecule has 16 N–H and O–H groups in total. The predicted octanol–water partition coefficient (Wildman–Crippen LogP) is -4.66. The third-order valence-electron chi connectivity index (χ3n) is 0.194. The van der Waals surface area contributed by atoms with Crippen LogP contribution in [-0.4, -0.2) is 78.5 Å². The van der Waals surface area contributed by atoms with Crippen molar-refractivity contribution in [3.05, 3.63) is 0 Å². The van der Waals surface area contributed by atoms with Crippen molar-refractivity contribution in [3.63, 3.8) is 0 Å². The van der Waals surface area contributed by atoms with E-state index in [9.17, 15) is 25.9 Å². The van der Waals surface area contributed by atoms with E-state index in [1.807, 2.05) is 0 Å². The van der Waals surface area contributed by atoms with Gasteiger partial charge in [0.05, 0.1) is 0 Å². The van der Waals surface area contributed by atoms with E-state index in [4.69, 9.17) is 52.6 Å². The van der Waals surface area contributed by atoms with Crippen LogP contribution in [0.3, 0.4) is 0 Å². The molecule has 31 heteroatoms. The van der Waals surface area contributed by atoms with Crippen molar-refractivity contribution in [1.82, 2.24) is 24.6 Å². The van der Waals surface area contributed by atoms with Crippen LogP contribution in [0.4, 0.5) is 0 Å². The van der Waals surface area contributed by atoms with Crippen LogP contribution < -0.4 is 24.6 Å². The topological polar surface area (TPSA) is 520 Å². The summed E-state index contributed by atoms with van der Waals surface area (Å²) in [6.07, 6.45) is 0. The van der Waals surface area contributed by atoms with Gasteiger partial charge in [0.2, 0.25) is 20.8 Å². The fourth-order valence-electron chi connectivity index (χ4n) is 0.0680. The average Bonchev–Trinajstić information content (AvgIpc) is 2.03. The zero-order valence-corrected chi connectivity index (χ0v) is 21.2. The summed E-state index contributed by atoms with van der Waals surface area (Å²) in [4.78, 5) is 0. The molecule has 0 amide bonds. The molecule has 0 rings (SSSR count). The minimum absolute atomic E-state index is 0. The van der Waals surface area contributed by atoms with Gasteiger partial charge in [-0.2, -0.15) is 0 Å². The first-order chi connectivity index (χ1) is 10.2. The molecule has 0 heterocycles. The molecule has 0 aromatic rings. The Labute approximate surface area is 197 Å². The molecule has 0 atom stereocenters. The first-order valence-corrected chi connectivity index (χ1v) is 10.2. The standard InChI is InChI=1S/2Fe.4H3N.H2O8S2.3H2O4S/c;;;;;;1-9(2,3)7-8-10(4,5)6;3*1-5(2,3)4/h;;4*1H3;(H,1,2,3)(H,4,5,6);3*(H2,1,2,3,4)/q2*+2;;;;;;;;/p-4. The molecule has 0 radical (unpaired) electrons. The first-order valence-electron chi connectivity index (χ1n) is 3.50. The van der Waals surface area contributed by atoms with Gasteiger partial charge >= 0.3 is 34.1 Å². The van der Waals surface area contributed by atoms with Gasteiger partial charge in [-0.15, -0.1) is 8.67 Å². The van der Waals surface area contributed by atoms with Crippen LogP contribution >= 0.6 is 0 Å². The summed E-state index contributed by atoms with van der Waals surface area (Å²) in [5.74, 6) is 0. The minimum atomic E-state index is -5.31. The van der Waals surface area contributed by atoms with Crippen molar-refractivity contribution < 1.29 is 121 Å². The molecule has 0 aromatic heterocycles. The summed E-state index contributed by atoms with van der Waals surface area (Å²) in [5.41, 5.74) is 0. The van der Waals surface area contributed by atoms with Crippen molar-refractivity contribution in [3.8, 4) is 0 Å². The summed E-state index contributed by atoms with van der Waals surface area (Å²) < 4.78 is 164. The maximum atomic E-state index is 9.37. The van der Waals surface area contributed by atoms with E-state index in [2.05, 4.69) is 8.67 Å². The molecule has 0 fully saturated rings. The van der Waals surface area contributed by atoms with Gasteiger partial charge in [0.15, 0.2) is 0 Å². The zero-order chi connectivity index (χ0) is 21.9. The second-order valence-corrected chi connectivity index (χ2v) is 6.53. The molecule has 0 aliphatic rings. The maximum Gasteiger partial charge on any atom is 2.00 e. The molecular weight excluding hydrogens is 648 g/mol. The van der Waals surface area contributed by atoms with E-state index >= 15 is 0 Å². The Morgan fingerprint density at radius 1 is 0.355 bits per heavy atom. The number of hydrogen-bond acceptors (Lipinski definition) is 20. The summed E-state index contributed by atoms with van der Waals surface area (Å²) in [6, 6.07) is 0. The Kier molecular flexibility index (Phi) is 50.8. The SMILES string of the molecule is O=S(=O)([O-])OOS(=O)(=O)[O-].O=S(=O)([O-])[O-].O=S(=O)([O-])[O-].O=S(=O)([O-])[O-].[Fe+2].[Fe+2].[NH4+].[NH4+].[NH4+].[NH4+]. The Morgan fingerprint density at radius 3 is 0.452 bits per heavy atom. The van der Waals surface area contributed by atoms with E-state index < -0.39 is 52.0 Å². The van der Waals surface area contributed by atoms with E-state index in [0.717, 1.165) is 0 Å². The van der Waals surface area contributed by atoms with Crippen LogP contribution in [0.5, 0.6) is 0 Å². The molecule has 202 valence electrons. The Balaban J connectivity index is -0.0000000234. The molecule has 0 spiro atoms. The van der Waals surface area contributed by atoms with Gasteiger partial charge in [0, 0.05) is 31.2 Å². The largest absolute Gasteiger partial charge is 2.00 e. The molecule has 0 aromatic carbocycles. The summed E-state index contributed by atoms with van der Waals surface area (Å²) in [5, 5.41) is 0. The minimum Gasteiger partial charge on any atom is -0.759 e. The van der Waals surface area contributed by atoms with Crippen LogP contribution in [-0.2, 0) is 94.8 Å². The monoisotopic (exact) mass is 664 g/mol. The molecular formula is H16Fe2N4O20S5. The van der Waals surface area contributed by atoms with Gasteiger partial charge in [-0.3, -0.25) is 25.3 Å². The molecule has 31 heavy (non-hydrogen) atoms. The third kappa shape index (κ3) is 461. The maximum absolute atomic E-state index is 9.37. The van der Waals surface area contributed by atoms with Crippen molar-refractivity contribution in [1.29, 1.82) is 0 Å². The van der Waals surface area contributed by atoms with Crippen LogP contribution in [0.25, 0.3) is 0 Å². The second-order valence-electron chi connectivity index (χ2n) is 2.18. The van der Waals surface area contributed by atoms with Crippen LogP contribution in [0.15, 0.2) is 0 Å². The summed E-state index contributed by atoms with van der Waals surface area (Å²) in [7, 11) is -26.1. The van der Waals surface area contributed by atoms with E-state index in [1.165, 1.54) is 0 Å². The smallest absolute Gasteiger partial charge is 0.759 e. The van der Waals surface area contributed by atoms with Crippen molar-refractivity contribution >= 4 is 52.0 Å². The summed E-state index contributed by atoms with van der Waals surface area (Å²) in [6.45, 7) is 0. The van der Waals surface area contributed by atoms with Gasteiger partial charge in [-0.1, -0.05) is 0 Å². The van der Waals surface area contributed by atoms with Gasteiger partial charge in [-0.25, -0.2) is 16.8 Å². The van der Waals surface area contributed by atoms with E-state index in [1.54, 1.807) is 0 Å². The van der Waals surface area contributed by atoms with Gasteiger partial charge in [-0.05, 0) is 0 Å². The normalized spacial score (nSPS) is 9.94. The Bertz CT molecular complexity index is 753. The fourth-order valence-corrected chi connectivity index (χ4v) is 0.612. The molecule has 0 bridgehead atoms. The molecule has 0 unspecified atom stereocenters. The van der Waals surface area contributed by atoms with Crippen LogP contribution in [0.2, 0.25) is 0 Å². The first kappa shape index (κ1) is 63.3. The van der Waals surface area contributed by atoms with Crippen LogP contribution in [0.1, 0.15) is 0 Å². The molecule has 0 saturated heterocycles. The van der Waals surface area contributed by atoms with Crippen molar-refractivity contribution in [2.75, 3.05) is 0 Å². The quantitative estimate of drug-likeness (QED) is 0.0724. The zero-order valence-electron chi connectivity index (χ0n) is 14.9. The number of rotatable bonds is 3. The Hall–Kier alpha value is 0.229. The fraction of sp³-hybridized carbons (Fsp3) is 0. The summed E-state index contributed by atoms with van der Waals surface area (Å²) >= 11 is 0.